The summed E-state index contributed by atoms with van der Waals surface area (Å²) in [5, 5.41) is 2.99. The van der Waals surface area contributed by atoms with Gasteiger partial charge in [-0.05, 0) is 32.1 Å². The van der Waals surface area contributed by atoms with Crippen LogP contribution in [0.25, 0.3) is 0 Å². The Morgan fingerprint density at radius 2 is 2.00 bits per heavy atom. The minimum atomic E-state index is -0.528. The Morgan fingerprint density at radius 1 is 1.29 bits per heavy atom. The summed E-state index contributed by atoms with van der Waals surface area (Å²) in [4.78, 5) is 1.99. The second kappa shape index (κ2) is 6.51. The number of ether oxygens (including phenoxy) is 1. The van der Waals surface area contributed by atoms with Gasteiger partial charge in [-0.2, -0.15) is 0 Å². The number of halogens is 2. The first-order valence-electron chi connectivity index (χ1n) is 5.43. The third kappa shape index (κ3) is 3.94. The third-order valence-corrected chi connectivity index (χ3v) is 2.51. The molecular formula is C12H18F2N2O. The molecule has 0 radical (unpaired) electrons. The average Bonchev–Trinajstić information content (AvgIpc) is 2.30. The van der Waals surface area contributed by atoms with Crippen LogP contribution in [0.3, 0.4) is 0 Å². The Hall–Kier alpha value is -1.20. The van der Waals surface area contributed by atoms with Gasteiger partial charge in [-0.1, -0.05) is 0 Å². The molecule has 0 aliphatic heterocycles. The first-order valence-corrected chi connectivity index (χ1v) is 5.43. The number of rotatable bonds is 6. The predicted octanol–water partition coefficient (Wildman–Crippen LogP) is 1.62. The fourth-order valence-electron chi connectivity index (χ4n) is 1.58. The van der Waals surface area contributed by atoms with E-state index in [1.165, 1.54) is 13.2 Å². The lowest BCUT2D eigenvalue weighted by molar-refractivity contribution is 0.319. The van der Waals surface area contributed by atoms with Gasteiger partial charge in [0.05, 0.1) is 7.11 Å². The van der Waals surface area contributed by atoms with Crippen LogP contribution in [0, 0.1) is 11.6 Å². The average molecular weight is 244 g/mol. The van der Waals surface area contributed by atoms with Crippen LogP contribution in [0.1, 0.15) is 5.56 Å². The fourth-order valence-corrected chi connectivity index (χ4v) is 1.58. The predicted molar refractivity (Wildman–Crippen MR) is 63.2 cm³/mol. The number of nitrogens with zero attached hydrogens (tertiary/aromatic N) is 1. The molecule has 0 fully saturated rings. The van der Waals surface area contributed by atoms with Crippen molar-refractivity contribution in [1.29, 1.82) is 0 Å². The lowest BCUT2D eigenvalue weighted by Crippen LogP contribution is -2.30. The molecule has 0 spiro atoms. The number of likely N-dealkylation sites (N-methyl/N-ethyl adjacent to an activating group) is 1. The van der Waals surface area contributed by atoms with E-state index in [9.17, 15) is 8.78 Å². The van der Waals surface area contributed by atoms with Crippen LogP contribution in [0.4, 0.5) is 8.78 Å². The molecule has 0 saturated heterocycles. The molecule has 0 heterocycles. The fraction of sp³-hybridized carbons (Fsp3) is 0.500. The van der Waals surface area contributed by atoms with E-state index in [0.29, 0.717) is 25.2 Å². The molecule has 1 N–H and O–H groups in total. The van der Waals surface area contributed by atoms with Crippen LogP contribution < -0.4 is 10.1 Å². The van der Waals surface area contributed by atoms with E-state index >= 15 is 0 Å². The molecule has 0 bridgehead atoms. The van der Waals surface area contributed by atoms with Crippen molar-refractivity contribution in [2.75, 3.05) is 34.4 Å². The van der Waals surface area contributed by atoms with Crippen LogP contribution in [0.15, 0.2) is 12.1 Å². The molecule has 0 aliphatic carbocycles. The highest BCUT2D eigenvalue weighted by molar-refractivity contribution is 5.31. The molecular weight excluding hydrogens is 226 g/mol. The SMILES string of the molecule is CNCN(C)CCc1cc(F)c(OC)cc1F. The Morgan fingerprint density at radius 3 is 2.59 bits per heavy atom. The zero-order chi connectivity index (χ0) is 12.8. The van der Waals surface area contributed by atoms with Gasteiger partial charge in [0.15, 0.2) is 11.6 Å². The molecule has 1 aromatic carbocycles. The van der Waals surface area contributed by atoms with E-state index in [1.54, 1.807) is 0 Å². The van der Waals surface area contributed by atoms with Gasteiger partial charge in [-0.25, -0.2) is 8.78 Å². The van der Waals surface area contributed by atoms with Crippen molar-refractivity contribution in [2.45, 2.75) is 6.42 Å². The van der Waals surface area contributed by atoms with Gasteiger partial charge in [-0.15, -0.1) is 0 Å². The molecule has 3 nitrogen and oxygen atoms in total. The monoisotopic (exact) mass is 244 g/mol. The van der Waals surface area contributed by atoms with Gasteiger partial charge in [-0.3, -0.25) is 4.90 Å². The zero-order valence-electron chi connectivity index (χ0n) is 10.4. The smallest absolute Gasteiger partial charge is 0.165 e. The number of methoxy groups -OCH3 is 1. The molecule has 5 heteroatoms. The summed E-state index contributed by atoms with van der Waals surface area (Å²) < 4.78 is 31.7. The molecule has 96 valence electrons. The molecule has 17 heavy (non-hydrogen) atoms. The quantitative estimate of drug-likeness (QED) is 0.770. The van der Waals surface area contributed by atoms with Crippen molar-refractivity contribution >= 4 is 0 Å². The van der Waals surface area contributed by atoms with Crippen molar-refractivity contribution < 1.29 is 13.5 Å². The third-order valence-electron chi connectivity index (χ3n) is 2.51. The highest BCUT2D eigenvalue weighted by Crippen LogP contribution is 2.21. The van der Waals surface area contributed by atoms with E-state index in [1.807, 2.05) is 19.0 Å². The van der Waals surface area contributed by atoms with Crippen molar-refractivity contribution in [3.63, 3.8) is 0 Å². The van der Waals surface area contributed by atoms with Gasteiger partial charge in [0.25, 0.3) is 0 Å². The van der Waals surface area contributed by atoms with E-state index < -0.39 is 11.6 Å². The molecule has 1 rings (SSSR count). The van der Waals surface area contributed by atoms with E-state index in [4.69, 9.17) is 4.74 Å². The van der Waals surface area contributed by atoms with Crippen molar-refractivity contribution in [2.24, 2.45) is 0 Å². The Labute approximate surface area is 100 Å². The summed E-state index contributed by atoms with van der Waals surface area (Å²) in [5.74, 6) is -1.02. The highest BCUT2D eigenvalue weighted by Gasteiger charge is 2.10. The highest BCUT2D eigenvalue weighted by atomic mass is 19.1. The van der Waals surface area contributed by atoms with Crippen molar-refractivity contribution in [3.05, 3.63) is 29.3 Å². The first-order chi connectivity index (χ1) is 8.08. The topological polar surface area (TPSA) is 24.5 Å². The lowest BCUT2D eigenvalue weighted by Gasteiger charge is -2.16. The van der Waals surface area contributed by atoms with Crippen LogP contribution >= 0.6 is 0 Å². The number of hydrogen-bond donors (Lipinski definition) is 1. The summed E-state index contributed by atoms with van der Waals surface area (Å²) >= 11 is 0. The Balaban J connectivity index is 2.68. The second-order valence-electron chi connectivity index (χ2n) is 3.92. The molecule has 0 unspecified atom stereocenters. The normalized spacial score (nSPS) is 10.9. The van der Waals surface area contributed by atoms with Crippen LogP contribution in [-0.2, 0) is 6.42 Å². The first kappa shape index (κ1) is 13.9. The minimum absolute atomic E-state index is 0.0603. The van der Waals surface area contributed by atoms with Crippen molar-refractivity contribution in [1.82, 2.24) is 10.2 Å². The van der Waals surface area contributed by atoms with Crippen LogP contribution in [-0.4, -0.2) is 39.3 Å². The van der Waals surface area contributed by atoms with Gasteiger partial charge >= 0.3 is 0 Å². The molecule has 0 saturated carbocycles. The number of hydrogen-bond acceptors (Lipinski definition) is 3. The van der Waals surface area contributed by atoms with Gasteiger partial charge in [0.1, 0.15) is 5.82 Å². The largest absolute Gasteiger partial charge is 0.494 e. The Kier molecular flexibility index (Phi) is 5.31. The Bertz CT molecular complexity index is 372. The van der Waals surface area contributed by atoms with Gasteiger partial charge < -0.3 is 10.1 Å². The maximum absolute atomic E-state index is 13.6. The van der Waals surface area contributed by atoms with E-state index in [-0.39, 0.29) is 5.75 Å². The zero-order valence-corrected chi connectivity index (χ0v) is 10.4. The molecule has 0 aliphatic rings. The van der Waals surface area contributed by atoms with E-state index in [2.05, 4.69) is 5.32 Å². The van der Waals surface area contributed by atoms with Crippen molar-refractivity contribution in [3.8, 4) is 5.75 Å². The summed E-state index contributed by atoms with van der Waals surface area (Å²) in [6.07, 6.45) is 0.463. The lowest BCUT2D eigenvalue weighted by atomic mass is 10.1. The van der Waals surface area contributed by atoms with Crippen LogP contribution in [0.5, 0.6) is 5.75 Å². The van der Waals surface area contributed by atoms with E-state index in [0.717, 1.165) is 6.07 Å². The maximum atomic E-state index is 13.6. The number of nitrogens with one attached hydrogen (secondary N) is 1. The van der Waals surface area contributed by atoms with Gasteiger partial charge in [0.2, 0.25) is 0 Å². The standard InChI is InChI=1S/C12H18F2N2O/c1-15-8-16(2)5-4-9-6-11(14)12(17-3)7-10(9)13/h6-7,15H,4-5,8H2,1-3H3. The molecule has 0 amide bonds. The summed E-state index contributed by atoms with van der Waals surface area (Å²) in [6, 6.07) is 2.28. The molecule has 0 aromatic heterocycles. The maximum Gasteiger partial charge on any atom is 0.165 e. The summed E-state index contributed by atoms with van der Waals surface area (Å²) in [7, 11) is 5.07. The molecule has 0 atom stereocenters. The van der Waals surface area contributed by atoms with Crippen LogP contribution in [0.2, 0.25) is 0 Å². The summed E-state index contributed by atoms with van der Waals surface area (Å²) in [5.41, 5.74) is 0.367. The minimum Gasteiger partial charge on any atom is -0.494 e. The van der Waals surface area contributed by atoms with Gasteiger partial charge in [0, 0.05) is 19.3 Å². The summed E-state index contributed by atoms with van der Waals surface area (Å²) in [6.45, 7) is 1.36. The second-order valence-corrected chi connectivity index (χ2v) is 3.92. The molecule has 1 aromatic rings. The number of benzene rings is 1.